The second-order valence-corrected chi connectivity index (χ2v) is 11.4. The van der Waals surface area contributed by atoms with Crippen molar-refractivity contribution < 1.29 is 9.47 Å². The van der Waals surface area contributed by atoms with Gasteiger partial charge in [0.1, 0.15) is 5.82 Å². The van der Waals surface area contributed by atoms with Crippen LogP contribution >= 0.6 is 0 Å². The molecular formula is C35H41N3O2. The summed E-state index contributed by atoms with van der Waals surface area (Å²) >= 11 is 0. The fourth-order valence-electron chi connectivity index (χ4n) is 6.50. The molecule has 0 saturated heterocycles. The quantitative estimate of drug-likeness (QED) is 0.184. The van der Waals surface area contributed by atoms with E-state index in [2.05, 4.69) is 101 Å². The van der Waals surface area contributed by atoms with E-state index in [4.69, 9.17) is 14.5 Å². The molecule has 0 N–H and O–H groups in total. The average Bonchev–Trinajstić information content (AvgIpc) is 3.77. The molecule has 0 radical (unpaired) electrons. The zero-order chi connectivity index (χ0) is 27.1. The van der Waals surface area contributed by atoms with E-state index in [1.807, 2.05) is 0 Å². The molecule has 2 aliphatic rings. The summed E-state index contributed by atoms with van der Waals surface area (Å²) in [4.78, 5) is 7.60. The normalized spacial score (nSPS) is 15.7. The molecule has 5 nitrogen and oxygen atoms in total. The molecule has 40 heavy (non-hydrogen) atoms. The number of hydrogen-bond acceptors (Lipinski definition) is 4. The van der Waals surface area contributed by atoms with Gasteiger partial charge in [0, 0.05) is 31.7 Å². The molecule has 3 aromatic carbocycles. The molecule has 1 saturated carbocycles. The number of hydrogen-bond donors (Lipinski definition) is 0. The van der Waals surface area contributed by atoms with Crippen LogP contribution in [0, 0.1) is 5.92 Å². The third kappa shape index (κ3) is 6.10. The topological polar surface area (TPSA) is 39.5 Å². The van der Waals surface area contributed by atoms with Gasteiger partial charge in [0.05, 0.1) is 11.9 Å². The summed E-state index contributed by atoms with van der Waals surface area (Å²) < 4.78 is 13.8. The molecule has 208 valence electrons. The second-order valence-electron chi connectivity index (χ2n) is 11.4. The Kier molecular flexibility index (Phi) is 8.48. The Morgan fingerprint density at radius 1 is 0.900 bits per heavy atom. The van der Waals surface area contributed by atoms with Crippen molar-refractivity contribution in [1.29, 1.82) is 0 Å². The summed E-state index contributed by atoms with van der Waals surface area (Å²) in [7, 11) is 0. The lowest BCUT2D eigenvalue weighted by Crippen LogP contribution is -2.31. The van der Waals surface area contributed by atoms with Crippen molar-refractivity contribution >= 4 is 0 Å². The number of aromatic nitrogens is 2. The minimum absolute atomic E-state index is 0.305. The van der Waals surface area contributed by atoms with Crippen molar-refractivity contribution in [3.05, 3.63) is 102 Å². The van der Waals surface area contributed by atoms with Gasteiger partial charge in [-0.25, -0.2) is 4.98 Å². The minimum Gasteiger partial charge on any atom is -0.454 e. The molecule has 0 amide bonds. The number of benzene rings is 3. The smallest absolute Gasteiger partial charge is 0.231 e. The monoisotopic (exact) mass is 535 g/mol. The predicted molar refractivity (Wildman–Crippen MR) is 160 cm³/mol. The maximum absolute atomic E-state index is 5.73. The maximum atomic E-state index is 5.73. The third-order valence-electron chi connectivity index (χ3n) is 8.59. The van der Waals surface area contributed by atoms with Crippen LogP contribution in [0.15, 0.2) is 85.1 Å². The Morgan fingerprint density at radius 3 is 2.42 bits per heavy atom. The fourth-order valence-corrected chi connectivity index (χ4v) is 6.50. The molecule has 0 bridgehead atoms. The zero-order valence-electron chi connectivity index (χ0n) is 23.7. The van der Waals surface area contributed by atoms with Gasteiger partial charge in [-0.2, -0.15) is 0 Å². The SMILES string of the molecule is CCCCn1c(CN(Cc2ccc3c(c2)OCO3)CC(c2ccccc2)C2CCCC2)cnc1-c1ccccc1. The van der Waals surface area contributed by atoms with E-state index in [1.54, 1.807) is 0 Å². The fraction of sp³-hybridized carbons (Fsp3) is 0.400. The van der Waals surface area contributed by atoms with Crippen molar-refractivity contribution in [2.45, 2.75) is 71.0 Å². The van der Waals surface area contributed by atoms with Crippen molar-refractivity contribution in [2.75, 3.05) is 13.3 Å². The van der Waals surface area contributed by atoms with Crippen molar-refractivity contribution in [2.24, 2.45) is 5.92 Å². The van der Waals surface area contributed by atoms with Gasteiger partial charge < -0.3 is 14.0 Å². The number of fused-ring (bicyclic) bond motifs is 1. The van der Waals surface area contributed by atoms with Crippen LogP contribution in [-0.4, -0.2) is 27.8 Å². The van der Waals surface area contributed by atoms with Crippen molar-refractivity contribution in [1.82, 2.24) is 14.5 Å². The van der Waals surface area contributed by atoms with Crippen LogP contribution in [0.2, 0.25) is 0 Å². The van der Waals surface area contributed by atoms with Crippen LogP contribution in [0.5, 0.6) is 11.5 Å². The van der Waals surface area contributed by atoms with Crippen molar-refractivity contribution in [3.8, 4) is 22.9 Å². The van der Waals surface area contributed by atoms with E-state index in [-0.39, 0.29) is 0 Å². The molecule has 2 heterocycles. The van der Waals surface area contributed by atoms with Gasteiger partial charge in [-0.05, 0) is 54.4 Å². The number of ether oxygens (including phenoxy) is 2. The standard InChI is InChI=1S/C35H41N3O2/c1-2-3-20-38-31(22-36-35(38)30-16-8-5-9-17-30)24-37(23-27-18-19-33-34(21-27)40-26-39-33)25-32(29-14-10-11-15-29)28-12-6-4-7-13-28/h4-9,12-13,16-19,21-22,29,32H,2-3,10-11,14-15,20,23-26H2,1H3. The highest BCUT2D eigenvalue weighted by molar-refractivity contribution is 5.56. The molecule has 4 aromatic rings. The molecule has 6 rings (SSSR count). The summed E-state index contributed by atoms with van der Waals surface area (Å²) in [5.74, 6) is 4.01. The summed E-state index contributed by atoms with van der Waals surface area (Å²) in [6.45, 7) is 6.28. The van der Waals surface area contributed by atoms with E-state index in [0.717, 1.165) is 62.3 Å². The largest absolute Gasteiger partial charge is 0.454 e. The first-order valence-corrected chi connectivity index (χ1v) is 15.0. The molecule has 0 spiro atoms. The molecule has 5 heteroatoms. The lowest BCUT2D eigenvalue weighted by Gasteiger charge is -2.32. The number of imidazole rings is 1. The maximum Gasteiger partial charge on any atom is 0.231 e. The van der Waals surface area contributed by atoms with E-state index in [1.165, 1.54) is 48.1 Å². The summed E-state index contributed by atoms with van der Waals surface area (Å²) in [5.41, 5.74) is 5.19. The van der Waals surface area contributed by atoms with Crippen LogP contribution in [0.25, 0.3) is 11.4 Å². The summed E-state index contributed by atoms with van der Waals surface area (Å²) in [6.07, 6.45) is 9.75. The first kappa shape index (κ1) is 26.6. The number of unbranched alkanes of at least 4 members (excludes halogenated alkanes) is 1. The molecule has 1 fully saturated rings. The summed E-state index contributed by atoms with van der Waals surface area (Å²) in [6, 6.07) is 28.2. The van der Waals surface area contributed by atoms with Gasteiger partial charge in [0.15, 0.2) is 11.5 Å². The Labute approximate surface area is 238 Å². The highest BCUT2D eigenvalue weighted by atomic mass is 16.7. The Hall–Kier alpha value is -3.57. The van der Waals surface area contributed by atoms with Crippen LogP contribution in [0.1, 0.15) is 68.2 Å². The van der Waals surface area contributed by atoms with Gasteiger partial charge in [0.2, 0.25) is 6.79 Å². The lowest BCUT2D eigenvalue weighted by atomic mass is 9.84. The second kappa shape index (κ2) is 12.7. The minimum atomic E-state index is 0.305. The van der Waals surface area contributed by atoms with E-state index < -0.39 is 0 Å². The molecular weight excluding hydrogens is 494 g/mol. The van der Waals surface area contributed by atoms with E-state index in [0.29, 0.717) is 12.7 Å². The van der Waals surface area contributed by atoms with Crippen LogP contribution < -0.4 is 9.47 Å². The summed E-state index contributed by atoms with van der Waals surface area (Å²) in [5, 5.41) is 0. The van der Waals surface area contributed by atoms with Gasteiger partial charge in [-0.15, -0.1) is 0 Å². The molecule has 1 unspecified atom stereocenters. The highest BCUT2D eigenvalue weighted by Crippen LogP contribution is 2.39. The van der Waals surface area contributed by atoms with E-state index in [9.17, 15) is 0 Å². The Balaban J connectivity index is 1.33. The third-order valence-corrected chi connectivity index (χ3v) is 8.59. The molecule has 1 atom stereocenters. The van der Waals surface area contributed by atoms with Crippen LogP contribution in [0.4, 0.5) is 0 Å². The van der Waals surface area contributed by atoms with Crippen LogP contribution in [0.3, 0.4) is 0 Å². The molecule has 1 aliphatic heterocycles. The van der Waals surface area contributed by atoms with Gasteiger partial charge in [-0.3, -0.25) is 4.90 Å². The molecule has 1 aliphatic carbocycles. The van der Waals surface area contributed by atoms with Gasteiger partial charge >= 0.3 is 0 Å². The van der Waals surface area contributed by atoms with Gasteiger partial charge in [-0.1, -0.05) is 92.9 Å². The van der Waals surface area contributed by atoms with Crippen molar-refractivity contribution in [3.63, 3.8) is 0 Å². The van der Waals surface area contributed by atoms with Crippen LogP contribution in [-0.2, 0) is 19.6 Å². The average molecular weight is 536 g/mol. The Bertz CT molecular complexity index is 1360. The lowest BCUT2D eigenvalue weighted by molar-refractivity contribution is 0.173. The predicted octanol–water partition coefficient (Wildman–Crippen LogP) is 8.06. The molecule has 1 aromatic heterocycles. The highest BCUT2D eigenvalue weighted by Gasteiger charge is 2.29. The number of rotatable bonds is 12. The number of nitrogens with zero attached hydrogens (tertiary/aromatic N) is 3. The van der Waals surface area contributed by atoms with E-state index >= 15 is 0 Å². The zero-order valence-corrected chi connectivity index (χ0v) is 23.7. The first-order chi connectivity index (χ1) is 19.8. The Morgan fingerprint density at radius 2 is 1.65 bits per heavy atom. The van der Waals surface area contributed by atoms with Gasteiger partial charge in [0.25, 0.3) is 0 Å². The first-order valence-electron chi connectivity index (χ1n) is 15.0.